The summed E-state index contributed by atoms with van der Waals surface area (Å²) in [6.45, 7) is 2.85. The van der Waals surface area contributed by atoms with Crippen molar-refractivity contribution in [3.63, 3.8) is 0 Å². The van der Waals surface area contributed by atoms with E-state index in [1.165, 1.54) is 0 Å². The van der Waals surface area contributed by atoms with Crippen molar-refractivity contribution in [2.45, 2.75) is 38.3 Å². The van der Waals surface area contributed by atoms with Crippen molar-refractivity contribution >= 4 is 17.5 Å². The molecule has 0 bridgehead atoms. The third-order valence-corrected chi connectivity index (χ3v) is 4.10. The maximum absolute atomic E-state index is 12.0. The van der Waals surface area contributed by atoms with Gasteiger partial charge in [-0.1, -0.05) is 29.8 Å². The van der Waals surface area contributed by atoms with E-state index in [0.717, 1.165) is 23.4 Å². The van der Waals surface area contributed by atoms with Crippen LogP contribution in [-0.2, 0) is 4.79 Å². The van der Waals surface area contributed by atoms with E-state index in [1.54, 1.807) is 0 Å². The number of rotatable bonds is 7. The smallest absolute Gasteiger partial charge is 0.234 e. The summed E-state index contributed by atoms with van der Waals surface area (Å²) in [5, 5.41) is 12.0. The molecule has 1 aromatic rings. The van der Waals surface area contributed by atoms with E-state index in [-0.39, 0.29) is 11.9 Å². The average molecular weight is 306 g/mol. The number of amides is 1. The number of nitrogens with zero attached hydrogens (tertiary/aromatic N) is 2. The van der Waals surface area contributed by atoms with Gasteiger partial charge in [0.15, 0.2) is 0 Å². The number of halogens is 1. The van der Waals surface area contributed by atoms with Crippen molar-refractivity contribution < 1.29 is 4.79 Å². The minimum atomic E-state index is -0.0314. The molecule has 0 aliphatic heterocycles. The van der Waals surface area contributed by atoms with E-state index in [0.29, 0.717) is 25.6 Å². The van der Waals surface area contributed by atoms with Crippen LogP contribution < -0.4 is 5.32 Å². The topological polar surface area (TPSA) is 56.1 Å². The fourth-order valence-electron chi connectivity index (χ4n) is 2.46. The quantitative estimate of drug-likeness (QED) is 0.788. The molecule has 1 atom stereocenters. The van der Waals surface area contributed by atoms with E-state index in [9.17, 15) is 4.79 Å². The third-order valence-electron chi connectivity index (χ3n) is 3.75. The van der Waals surface area contributed by atoms with Crippen LogP contribution >= 0.6 is 11.6 Å². The molecule has 1 aliphatic carbocycles. The highest BCUT2D eigenvalue weighted by Gasteiger charge is 2.34. The number of nitriles is 1. The highest BCUT2D eigenvalue weighted by molar-refractivity contribution is 6.31. The molecule has 1 aliphatic rings. The van der Waals surface area contributed by atoms with Gasteiger partial charge in [-0.2, -0.15) is 5.26 Å². The molecule has 112 valence electrons. The molecular formula is C16H20ClN3O. The van der Waals surface area contributed by atoms with Gasteiger partial charge in [0.1, 0.15) is 0 Å². The van der Waals surface area contributed by atoms with Gasteiger partial charge in [0.2, 0.25) is 5.91 Å². The normalized spacial score (nSPS) is 15.5. The summed E-state index contributed by atoms with van der Waals surface area (Å²) >= 11 is 6.26. The van der Waals surface area contributed by atoms with Crippen LogP contribution in [0.5, 0.6) is 0 Å². The van der Waals surface area contributed by atoms with E-state index >= 15 is 0 Å². The Bertz CT molecular complexity index is 537. The molecule has 1 fully saturated rings. The molecule has 0 heterocycles. The fourth-order valence-corrected chi connectivity index (χ4v) is 2.75. The Balaban J connectivity index is 2.01. The van der Waals surface area contributed by atoms with Gasteiger partial charge >= 0.3 is 0 Å². The highest BCUT2D eigenvalue weighted by atomic mass is 35.5. The Morgan fingerprint density at radius 2 is 2.24 bits per heavy atom. The Labute approximate surface area is 130 Å². The number of nitrogens with one attached hydrogen (secondary N) is 1. The Morgan fingerprint density at radius 3 is 2.86 bits per heavy atom. The predicted molar refractivity (Wildman–Crippen MR) is 82.8 cm³/mol. The summed E-state index contributed by atoms with van der Waals surface area (Å²) in [6, 6.07) is 10.4. The monoisotopic (exact) mass is 305 g/mol. The van der Waals surface area contributed by atoms with Gasteiger partial charge in [-0.3, -0.25) is 9.69 Å². The first-order valence-corrected chi connectivity index (χ1v) is 7.65. The van der Waals surface area contributed by atoms with Crippen LogP contribution in [0.1, 0.15) is 37.8 Å². The van der Waals surface area contributed by atoms with Crippen LogP contribution in [0.15, 0.2) is 24.3 Å². The van der Waals surface area contributed by atoms with Gasteiger partial charge < -0.3 is 5.32 Å². The lowest BCUT2D eigenvalue weighted by atomic mass is 10.1. The van der Waals surface area contributed by atoms with Crippen molar-refractivity contribution in [2.24, 2.45) is 0 Å². The molecule has 4 nitrogen and oxygen atoms in total. The lowest BCUT2D eigenvalue weighted by Gasteiger charge is -2.29. The first kappa shape index (κ1) is 15.8. The standard InChI is InChI=1S/C16H20ClN3O/c1-12(14-5-2-3-6-15(14)17)20(13-7-8-13)11-16(21)19-10-4-9-18/h2-3,5-6,12-13H,4,7-8,10-11H2,1H3,(H,19,21)/t12-/m1/s1. The van der Waals surface area contributed by atoms with Crippen molar-refractivity contribution in [2.75, 3.05) is 13.1 Å². The van der Waals surface area contributed by atoms with Gasteiger partial charge in [-0.05, 0) is 31.4 Å². The predicted octanol–water partition coefficient (Wildman–Crippen LogP) is 2.90. The van der Waals surface area contributed by atoms with Crippen molar-refractivity contribution in [3.8, 4) is 6.07 Å². The van der Waals surface area contributed by atoms with Crippen LogP contribution in [0.2, 0.25) is 5.02 Å². The summed E-state index contributed by atoms with van der Waals surface area (Å²) in [5.74, 6) is -0.0314. The molecule has 2 rings (SSSR count). The zero-order chi connectivity index (χ0) is 15.2. The van der Waals surface area contributed by atoms with Gasteiger partial charge in [0.05, 0.1) is 19.0 Å². The van der Waals surface area contributed by atoms with Crippen LogP contribution in [0.25, 0.3) is 0 Å². The first-order chi connectivity index (χ1) is 10.1. The van der Waals surface area contributed by atoms with Gasteiger partial charge in [-0.25, -0.2) is 0 Å². The minimum Gasteiger partial charge on any atom is -0.354 e. The van der Waals surface area contributed by atoms with E-state index in [4.69, 9.17) is 16.9 Å². The maximum Gasteiger partial charge on any atom is 0.234 e. The summed E-state index contributed by atoms with van der Waals surface area (Å²) < 4.78 is 0. The van der Waals surface area contributed by atoms with Crippen LogP contribution in [0.4, 0.5) is 0 Å². The van der Waals surface area contributed by atoms with Crippen LogP contribution in [0.3, 0.4) is 0 Å². The molecule has 1 N–H and O–H groups in total. The van der Waals surface area contributed by atoms with Gasteiger partial charge in [0, 0.05) is 23.7 Å². The number of hydrogen-bond acceptors (Lipinski definition) is 3. The molecule has 0 saturated heterocycles. The maximum atomic E-state index is 12.0. The molecule has 0 spiro atoms. The summed E-state index contributed by atoms with van der Waals surface area (Å²) in [6.07, 6.45) is 2.59. The van der Waals surface area contributed by atoms with Gasteiger partial charge in [-0.15, -0.1) is 0 Å². The summed E-state index contributed by atoms with van der Waals surface area (Å²) in [5.41, 5.74) is 1.05. The largest absolute Gasteiger partial charge is 0.354 e. The van der Waals surface area contributed by atoms with Crippen molar-refractivity contribution in [1.82, 2.24) is 10.2 Å². The lowest BCUT2D eigenvalue weighted by Crippen LogP contribution is -2.40. The second-order valence-electron chi connectivity index (χ2n) is 5.36. The molecule has 1 amide bonds. The summed E-state index contributed by atoms with van der Waals surface area (Å²) in [7, 11) is 0. The molecule has 0 unspecified atom stereocenters. The molecular weight excluding hydrogens is 286 g/mol. The van der Waals surface area contributed by atoms with E-state index in [1.807, 2.05) is 30.3 Å². The Hall–Kier alpha value is -1.57. The second-order valence-corrected chi connectivity index (χ2v) is 5.77. The molecule has 0 radical (unpaired) electrons. The van der Waals surface area contributed by atoms with Crippen LogP contribution in [-0.4, -0.2) is 29.9 Å². The molecule has 21 heavy (non-hydrogen) atoms. The van der Waals surface area contributed by atoms with Crippen molar-refractivity contribution in [3.05, 3.63) is 34.9 Å². The SMILES string of the molecule is C[C@H](c1ccccc1Cl)N(CC(=O)NCCC#N)C1CC1. The van der Waals surface area contributed by atoms with Crippen molar-refractivity contribution in [1.29, 1.82) is 5.26 Å². The zero-order valence-electron chi connectivity index (χ0n) is 12.2. The Morgan fingerprint density at radius 1 is 1.52 bits per heavy atom. The third kappa shape index (κ3) is 4.45. The molecule has 5 heteroatoms. The molecule has 0 aromatic heterocycles. The first-order valence-electron chi connectivity index (χ1n) is 7.27. The second kappa shape index (κ2) is 7.44. The number of hydrogen-bond donors (Lipinski definition) is 1. The number of carbonyl (C=O) groups excluding carboxylic acids is 1. The van der Waals surface area contributed by atoms with Gasteiger partial charge in [0.25, 0.3) is 0 Å². The minimum absolute atomic E-state index is 0.0314. The van der Waals surface area contributed by atoms with Crippen LogP contribution in [0, 0.1) is 11.3 Å². The average Bonchev–Trinajstić information content (AvgIpc) is 3.29. The zero-order valence-corrected chi connectivity index (χ0v) is 12.9. The summed E-state index contributed by atoms with van der Waals surface area (Å²) in [4.78, 5) is 14.2. The molecule has 1 saturated carbocycles. The lowest BCUT2D eigenvalue weighted by molar-refractivity contribution is -0.122. The fraction of sp³-hybridized carbons (Fsp3) is 0.500. The molecule has 1 aromatic carbocycles. The number of benzene rings is 1. The number of carbonyl (C=O) groups is 1. The highest BCUT2D eigenvalue weighted by Crippen LogP contribution is 2.36. The Kier molecular flexibility index (Phi) is 5.60. The van der Waals surface area contributed by atoms with E-state index < -0.39 is 0 Å². The van der Waals surface area contributed by atoms with E-state index in [2.05, 4.69) is 17.1 Å².